The fourth-order valence-electron chi connectivity index (χ4n) is 5.69. The monoisotopic (exact) mass is 746 g/mol. The maximum absolute atomic E-state index is 13.2. The van der Waals surface area contributed by atoms with Crippen molar-refractivity contribution >= 4 is 29.7 Å². The number of aromatic nitrogens is 3. The molecule has 14 nitrogen and oxygen atoms in total. The first-order valence-electron chi connectivity index (χ1n) is 18.5. The molecule has 2 N–H and O–H groups in total. The molecular formula is C40H58N8O6. The molecular weight excluding hydrogens is 688 g/mol. The number of amides is 2. The van der Waals surface area contributed by atoms with Gasteiger partial charge in [0.05, 0.1) is 12.6 Å². The number of benzene rings is 1. The fraction of sp³-hybridized carbons (Fsp3) is 0.550. The first kappa shape index (κ1) is 41.9. The summed E-state index contributed by atoms with van der Waals surface area (Å²) in [6.07, 6.45) is 4.06. The number of anilines is 2. The van der Waals surface area contributed by atoms with Crippen LogP contribution in [0.25, 0.3) is 11.1 Å². The number of carbonyl (C=O) groups excluding carboxylic acids is 3. The summed E-state index contributed by atoms with van der Waals surface area (Å²) in [5.74, 6) is 0.915. The van der Waals surface area contributed by atoms with Crippen LogP contribution in [-0.2, 0) is 25.5 Å². The summed E-state index contributed by atoms with van der Waals surface area (Å²) in [7, 11) is 0. The van der Waals surface area contributed by atoms with E-state index in [1.54, 1.807) is 60.1 Å². The highest BCUT2D eigenvalue weighted by Gasteiger charge is 2.29. The molecule has 0 radical (unpaired) electrons. The second-order valence-electron chi connectivity index (χ2n) is 16.5. The minimum atomic E-state index is -0.714. The van der Waals surface area contributed by atoms with Gasteiger partial charge in [0, 0.05) is 75.7 Å². The van der Waals surface area contributed by atoms with Crippen LogP contribution in [0.4, 0.5) is 21.1 Å². The lowest BCUT2D eigenvalue weighted by Gasteiger charge is -2.34. The maximum Gasteiger partial charge on any atom is 0.410 e. The van der Waals surface area contributed by atoms with Crippen LogP contribution in [0.1, 0.15) is 86.7 Å². The third-order valence-corrected chi connectivity index (χ3v) is 8.10. The van der Waals surface area contributed by atoms with Crippen LogP contribution in [0.15, 0.2) is 55.0 Å². The lowest BCUT2D eigenvalue weighted by molar-refractivity contribution is -0.156. The molecule has 1 saturated heterocycles. The van der Waals surface area contributed by atoms with Gasteiger partial charge < -0.3 is 24.8 Å². The SMILES string of the molecule is CC(c1ncc(-c2ccnc(Nc3cccc(CN4CCN(CC(=O)OC(C)(C)C)CC4)c3)c2)cn1)N(CCNC(=O)OC(C)(C)C)C(=O)OC(C)(C)C. The van der Waals surface area contributed by atoms with E-state index in [-0.39, 0.29) is 19.1 Å². The Kier molecular flexibility index (Phi) is 14.0. The van der Waals surface area contributed by atoms with Crippen molar-refractivity contribution in [1.29, 1.82) is 0 Å². The Bertz CT molecular complexity index is 1710. The van der Waals surface area contributed by atoms with Crippen molar-refractivity contribution in [3.63, 3.8) is 0 Å². The molecule has 14 heteroatoms. The molecule has 0 saturated carbocycles. The van der Waals surface area contributed by atoms with Gasteiger partial charge in [-0.2, -0.15) is 0 Å². The van der Waals surface area contributed by atoms with E-state index in [4.69, 9.17) is 14.2 Å². The zero-order valence-corrected chi connectivity index (χ0v) is 33.6. The van der Waals surface area contributed by atoms with Gasteiger partial charge in [-0.15, -0.1) is 0 Å². The highest BCUT2D eigenvalue weighted by molar-refractivity contribution is 5.72. The average molecular weight is 747 g/mol. The molecule has 1 unspecified atom stereocenters. The Morgan fingerprint density at radius 1 is 0.796 bits per heavy atom. The smallest absolute Gasteiger partial charge is 0.410 e. The lowest BCUT2D eigenvalue weighted by Crippen LogP contribution is -2.48. The van der Waals surface area contributed by atoms with E-state index < -0.39 is 35.0 Å². The summed E-state index contributed by atoms with van der Waals surface area (Å²) in [6, 6.07) is 11.6. The highest BCUT2D eigenvalue weighted by atomic mass is 16.6. The van der Waals surface area contributed by atoms with Gasteiger partial charge in [0.2, 0.25) is 0 Å². The first-order valence-corrected chi connectivity index (χ1v) is 18.5. The third kappa shape index (κ3) is 14.2. The Labute approximate surface area is 320 Å². The van der Waals surface area contributed by atoms with Crippen molar-refractivity contribution in [3.8, 4) is 11.1 Å². The van der Waals surface area contributed by atoms with Gasteiger partial charge in [0.15, 0.2) is 5.82 Å². The molecule has 294 valence electrons. The zero-order valence-electron chi connectivity index (χ0n) is 33.6. The standard InChI is InChI=1S/C40H58N8O6/c1-28(48(37(51)54-40(8,9)10)17-16-42-36(50)53-39(5,6)7)35-43-24-31(25-44-35)30-14-15-41-33(23-30)45-32-13-11-12-29(22-32)26-46-18-20-47(21-19-46)27-34(49)52-38(2,3)4/h11-15,22-25,28H,16-21,26-27H2,1-10H3,(H,41,45)(H,42,50). The number of ether oxygens (including phenoxy) is 3. The van der Waals surface area contributed by atoms with Crippen LogP contribution in [0.5, 0.6) is 0 Å². The molecule has 3 heterocycles. The number of hydrogen-bond acceptors (Lipinski definition) is 12. The van der Waals surface area contributed by atoms with Crippen LogP contribution in [-0.4, -0.2) is 110 Å². The van der Waals surface area contributed by atoms with Crippen molar-refractivity contribution in [2.75, 3.05) is 51.1 Å². The van der Waals surface area contributed by atoms with E-state index >= 15 is 0 Å². The summed E-state index contributed by atoms with van der Waals surface area (Å²) >= 11 is 0. The van der Waals surface area contributed by atoms with Gasteiger partial charge in [-0.3, -0.25) is 19.5 Å². The Morgan fingerprint density at radius 3 is 2.06 bits per heavy atom. The molecule has 2 aromatic heterocycles. The summed E-state index contributed by atoms with van der Waals surface area (Å²) in [5.41, 5.74) is 1.92. The van der Waals surface area contributed by atoms with E-state index in [0.717, 1.165) is 49.5 Å². The molecule has 1 aromatic carbocycles. The number of alkyl carbamates (subject to hydrolysis) is 1. The second-order valence-corrected chi connectivity index (χ2v) is 16.5. The Morgan fingerprint density at radius 2 is 1.43 bits per heavy atom. The second kappa shape index (κ2) is 18.0. The van der Waals surface area contributed by atoms with Crippen molar-refractivity contribution in [2.24, 2.45) is 0 Å². The minimum Gasteiger partial charge on any atom is -0.459 e. The largest absolute Gasteiger partial charge is 0.459 e. The topological polar surface area (TPSA) is 151 Å². The van der Waals surface area contributed by atoms with Gasteiger partial charge >= 0.3 is 18.2 Å². The number of rotatable bonds is 12. The predicted octanol–water partition coefficient (Wildman–Crippen LogP) is 6.56. The van der Waals surface area contributed by atoms with E-state index in [9.17, 15) is 14.4 Å². The molecule has 3 aromatic rings. The maximum atomic E-state index is 13.2. The molecule has 0 bridgehead atoms. The van der Waals surface area contributed by atoms with Gasteiger partial charge in [0.25, 0.3) is 0 Å². The highest BCUT2D eigenvalue weighted by Crippen LogP contribution is 2.25. The molecule has 2 amide bonds. The number of carbonyl (C=O) groups is 3. The number of hydrogen-bond donors (Lipinski definition) is 2. The van der Waals surface area contributed by atoms with Crippen molar-refractivity contribution in [1.82, 2.24) is 35.0 Å². The lowest BCUT2D eigenvalue weighted by atomic mass is 10.1. The van der Waals surface area contributed by atoms with Crippen molar-refractivity contribution in [2.45, 2.75) is 98.6 Å². The van der Waals surface area contributed by atoms with Gasteiger partial charge in [0.1, 0.15) is 22.6 Å². The molecule has 1 aliphatic heterocycles. The summed E-state index contributed by atoms with van der Waals surface area (Å²) in [5, 5.41) is 6.13. The quantitative estimate of drug-likeness (QED) is 0.153. The minimum absolute atomic E-state index is 0.153. The van der Waals surface area contributed by atoms with Crippen molar-refractivity contribution < 1.29 is 28.6 Å². The molecule has 4 rings (SSSR count). The number of nitrogens with one attached hydrogen (secondary N) is 2. The molecule has 54 heavy (non-hydrogen) atoms. The molecule has 0 spiro atoms. The molecule has 0 aliphatic carbocycles. The fourth-order valence-corrected chi connectivity index (χ4v) is 5.69. The number of pyridine rings is 1. The Hall–Kier alpha value is -4.82. The first-order chi connectivity index (χ1) is 25.2. The van der Waals surface area contributed by atoms with Gasteiger partial charge in [-0.1, -0.05) is 12.1 Å². The van der Waals surface area contributed by atoms with Crippen LogP contribution < -0.4 is 10.6 Å². The summed E-state index contributed by atoms with van der Waals surface area (Å²) in [4.78, 5) is 57.5. The van der Waals surface area contributed by atoms with Crippen LogP contribution in [0.2, 0.25) is 0 Å². The molecule has 1 atom stereocenters. The predicted molar refractivity (Wildman–Crippen MR) is 208 cm³/mol. The van der Waals surface area contributed by atoms with E-state index in [0.29, 0.717) is 18.2 Å². The number of nitrogens with zero attached hydrogens (tertiary/aromatic N) is 6. The average Bonchev–Trinajstić information content (AvgIpc) is 3.05. The zero-order chi connectivity index (χ0) is 39.7. The van der Waals surface area contributed by atoms with E-state index in [2.05, 4.69) is 47.5 Å². The summed E-state index contributed by atoms with van der Waals surface area (Å²) < 4.78 is 16.5. The van der Waals surface area contributed by atoms with Gasteiger partial charge in [-0.05, 0) is 105 Å². The normalized spacial score (nSPS) is 14.9. The van der Waals surface area contributed by atoms with Crippen molar-refractivity contribution in [3.05, 3.63) is 66.4 Å². The van der Waals surface area contributed by atoms with E-state index in [1.165, 1.54) is 10.5 Å². The molecule has 1 fully saturated rings. The molecule has 1 aliphatic rings. The van der Waals surface area contributed by atoms with E-state index in [1.807, 2.05) is 52.0 Å². The summed E-state index contributed by atoms with van der Waals surface area (Å²) in [6.45, 7) is 23.0. The number of esters is 1. The van der Waals surface area contributed by atoms with Crippen LogP contribution in [0, 0.1) is 0 Å². The van der Waals surface area contributed by atoms with Crippen LogP contribution >= 0.6 is 0 Å². The Balaban J connectivity index is 1.36. The van der Waals surface area contributed by atoms with Gasteiger partial charge in [-0.25, -0.2) is 24.5 Å². The number of piperazine rings is 1. The van der Waals surface area contributed by atoms with Crippen LogP contribution in [0.3, 0.4) is 0 Å². The third-order valence-electron chi connectivity index (χ3n) is 8.10.